The molecule has 1 aromatic heterocycles. The lowest BCUT2D eigenvalue weighted by Gasteiger charge is -2.20. The van der Waals surface area contributed by atoms with Crippen molar-refractivity contribution < 1.29 is 13.2 Å². The molecular formula is C21H24N4O3S. The molecule has 2 aromatic carbocycles. The highest BCUT2D eigenvalue weighted by Crippen LogP contribution is 2.29. The van der Waals surface area contributed by atoms with Crippen LogP contribution < -0.4 is 14.8 Å². The van der Waals surface area contributed by atoms with E-state index in [-0.39, 0.29) is 4.90 Å². The van der Waals surface area contributed by atoms with E-state index < -0.39 is 15.6 Å². The third-order valence-corrected chi connectivity index (χ3v) is 5.66. The summed E-state index contributed by atoms with van der Waals surface area (Å²) >= 11 is 0. The number of nitrogens with one attached hydrogen (secondary N) is 2. The topological polar surface area (TPSA) is 93.2 Å². The van der Waals surface area contributed by atoms with Crippen molar-refractivity contribution in [2.45, 2.75) is 31.2 Å². The van der Waals surface area contributed by atoms with Crippen molar-refractivity contribution in [2.75, 3.05) is 12.4 Å². The van der Waals surface area contributed by atoms with Gasteiger partial charge >= 0.3 is 0 Å². The maximum absolute atomic E-state index is 12.6. The van der Waals surface area contributed by atoms with Gasteiger partial charge in [0.25, 0.3) is 0 Å². The fourth-order valence-electron chi connectivity index (χ4n) is 2.78. The number of rotatable bonds is 6. The molecule has 3 rings (SSSR count). The second-order valence-corrected chi connectivity index (χ2v) is 9.18. The first-order valence-corrected chi connectivity index (χ1v) is 10.5. The summed E-state index contributed by atoms with van der Waals surface area (Å²) in [5, 5.41) is 3.14. The third-order valence-electron chi connectivity index (χ3n) is 3.91. The largest absolute Gasteiger partial charge is 0.496 e. The number of hydrogen-bond donors (Lipinski definition) is 2. The molecule has 1 heterocycles. The molecule has 0 aliphatic rings. The Morgan fingerprint density at radius 3 is 2.45 bits per heavy atom. The van der Waals surface area contributed by atoms with E-state index in [9.17, 15) is 8.42 Å². The number of para-hydroxylation sites is 1. The van der Waals surface area contributed by atoms with Gasteiger partial charge in [0.05, 0.1) is 17.7 Å². The molecule has 0 amide bonds. The first-order valence-electron chi connectivity index (χ1n) is 9.04. The zero-order valence-corrected chi connectivity index (χ0v) is 17.6. The number of benzene rings is 2. The zero-order valence-electron chi connectivity index (χ0n) is 16.8. The average molecular weight is 413 g/mol. The lowest BCUT2D eigenvalue weighted by atomic mass is 10.1. The minimum atomic E-state index is -3.63. The lowest BCUT2D eigenvalue weighted by molar-refractivity contribution is 0.416. The van der Waals surface area contributed by atoms with Gasteiger partial charge in [0.15, 0.2) is 0 Å². The Labute approximate surface area is 171 Å². The van der Waals surface area contributed by atoms with Crippen molar-refractivity contribution in [2.24, 2.45) is 0 Å². The molecule has 0 radical (unpaired) electrons. The van der Waals surface area contributed by atoms with Crippen molar-refractivity contribution in [1.82, 2.24) is 14.7 Å². The van der Waals surface area contributed by atoms with Gasteiger partial charge in [0.1, 0.15) is 17.9 Å². The molecule has 0 unspecified atom stereocenters. The molecule has 0 bridgehead atoms. The molecule has 8 heteroatoms. The van der Waals surface area contributed by atoms with Gasteiger partial charge in [-0.2, -0.15) is 0 Å². The molecule has 152 valence electrons. The van der Waals surface area contributed by atoms with Crippen molar-refractivity contribution >= 4 is 21.5 Å². The minimum absolute atomic E-state index is 0.177. The number of methoxy groups -OCH3 is 1. The normalized spacial score (nSPS) is 11.9. The Balaban J connectivity index is 1.88. The third kappa shape index (κ3) is 5.30. The quantitative estimate of drug-likeness (QED) is 0.636. The zero-order chi connectivity index (χ0) is 21.1. The fraction of sp³-hybridized carbons (Fsp3) is 0.238. The summed E-state index contributed by atoms with van der Waals surface area (Å²) in [4.78, 5) is 8.74. The van der Waals surface area contributed by atoms with Crippen molar-refractivity contribution in [3.63, 3.8) is 0 Å². The summed E-state index contributed by atoms with van der Waals surface area (Å²) in [5.74, 6) is 1.25. The number of ether oxygens (including phenoxy) is 1. The second kappa shape index (κ2) is 8.18. The monoisotopic (exact) mass is 412 g/mol. The van der Waals surface area contributed by atoms with E-state index in [1.165, 1.54) is 6.33 Å². The van der Waals surface area contributed by atoms with E-state index in [0.717, 1.165) is 5.56 Å². The molecule has 0 fully saturated rings. The molecule has 3 aromatic rings. The van der Waals surface area contributed by atoms with E-state index >= 15 is 0 Å². The number of sulfonamides is 1. The first kappa shape index (κ1) is 20.8. The molecule has 0 aliphatic heterocycles. The number of aromatic nitrogens is 2. The number of hydrogen-bond acceptors (Lipinski definition) is 6. The highest BCUT2D eigenvalue weighted by molar-refractivity contribution is 7.89. The smallest absolute Gasteiger partial charge is 0.241 e. The molecule has 0 spiro atoms. The summed E-state index contributed by atoms with van der Waals surface area (Å²) < 4.78 is 33.2. The summed E-state index contributed by atoms with van der Waals surface area (Å²) in [7, 11) is -2.02. The van der Waals surface area contributed by atoms with Gasteiger partial charge in [0, 0.05) is 22.9 Å². The van der Waals surface area contributed by atoms with Crippen LogP contribution in [0, 0.1) is 0 Å². The number of nitrogens with zero attached hydrogens (tertiary/aromatic N) is 2. The van der Waals surface area contributed by atoms with E-state index in [2.05, 4.69) is 20.0 Å². The highest BCUT2D eigenvalue weighted by Gasteiger charge is 2.22. The van der Waals surface area contributed by atoms with Gasteiger partial charge in [-0.25, -0.2) is 23.1 Å². The van der Waals surface area contributed by atoms with Crippen LogP contribution in [0.2, 0.25) is 0 Å². The molecule has 0 saturated heterocycles. The Kier molecular flexibility index (Phi) is 5.86. The summed E-state index contributed by atoms with van der Waals surface area (Å²) in [6.07, 6.45) is 1.45. The van der Waals surface area contributed by atoms with Crippen LogP contribution in [0.1, 0.15) is 20.8 Å². The van der Waals surface area contributed by atoms with Crippen LogP contribution in [0.3, 0.4) is 0 Å². The van der Waals surface area contributed by atoms with Gasteiger partial charge in [0.2, 0.25) is 10.0 Å². The van der Waals surface area contributed by atoms with Gasteiger partial charge < -0.3 is 10.1 Å². The Bertz CT molecular complexity index is 1110. The van der Waals surface area contributed by atoms with Gasteiger partial charge in [-0.3, -0.25) is 0 Å². The van der Waals surface area contributed by atoms with Crippen molar-refractivity contribution in [1.29, 1.82) is 0 Å². The first-order chi connectivity index (χ1) is 13.7. The van der Waals surface area contributed by atoms with Crippen molar-refractivity contribution in [3.8, 4) is 17.0 Å². The molecule has 0 saturated carbocycles. The maximum atomic E-state index is 12.6. The average Bonchev–Trinajstić information content (AvgIpc) is 2.66. The predicted molar refractivity (Wildman–Crippen MR) is 114 cm³/mol. The van der Waals surface area contributed by atoms with Crippen LogP contribution in [-0.2, 0) is 10.0 Å². The van der Waals surface area contributed by atoms with Crippen LogP contribution in [0.25, 0.3) is 11.3 Å². The van der Waals surface area contributed by atoms with Crippen LogP contribution in [0.15, 0.2) is 65.8 Å². The van der Waals surface area contributed by atoms with Crippen LogP contribution in [0.5, 0.6) is 5.75 Å². The highest BCUT2D eigenvalue weighted by atomic mass is 32.2. The molecule has 2 N–H and O–H groups in total. The molecule has 0 atom stereocenters. The van der Waals surface area contributed by atoms with Crippen molar-refractivity contribution in [3.05, 3.63) is 60.9 Å². The fourth-order valence-corrected chi connectivity index (χ4v) is 4.24. The number of anilines is 2. The molecular weight excluding hydrogens is 388 g/mol. The SMILES string of the molecule is COc1ccccc1-c1cc(Nc2cccc(S(=O)(=O)NC(C)(C)C)c2)ncn1. The molecule has 0 aliphatic carbocycles. The van der Waals surface area contributed by atoms with Crippen LogP contribution in [0.4, 0.5) is 11.5 Å². The standard InChI is InChI=1S/C21H24N4O3S/c1-21(2,3)25-29(26,27)16-9-7-8-15(12-16)24-20-13-18(22-14-23-20)17-10-5-6-11-19(17)28-4/h5-14,25H,1-4H3,(H,22,23,24). The molecule has 29 heavy (non-hydrogen) atoms. The summed E-state index contributed by atoms with van der Waals surface area (Å²) in [6, 6.07) is 15.9. The Morgan fingerprint density at radius 2 is 1.72 bits per heavy atom. The van der Waals surface area contributed by atoms with Gasteiger partial charge in [-0.15, -0.1) is 0 Å². The lowest BCUT2D eigenvalue weighted by Crippen LogP contribution is -2.40. The van der Waals surface area contributed by atoms with Crippen LogP contribution in [-0.4, -0.2) is 31.0 Å². The Morgan fingerprint density at radius 1 is 0.966 bits per heavy atom. The summed E-state index contributed by atoms with van der Waals surface area (Å²) in [6.45, 7) is 5.40. The van der Waals surface area contributed by atoms with Gasteiger partial charge in [-0.1, -0.05) is 18.2 Å². The van der Waals surface area contributed by atoms with Crippen LogP contribution >= 0.6 is 0 Å². The predicted octanol–water partition coefficient (Wildman–Crippen LogP) is 3.97. The maximum Gasteiger partial charge on any atom is 0.241 e. The van der Waals surface area contributed by atoms with E-state index in [1.54, 1.807) is 58.2 Å². The van der Waals surface area contributed by atoms with Gasteiger partial charge in [-0.05, 0) is 51.1 Å². The summed E-state index contributed by atoms with van der Waals surface area (Å²) in [5.41, 5.74) is 1.56. The van der Waals surface area contributed by atoms with E-state index in [0.29, 0.717) is 22.9 Å². The minimum Gasteiger partial charge on any atom is -0.496 e. The second-order valence-electron chi connectivity index (χ2n) is 7.50. The van der Waals surface area contributed by atoms with E-state index in [4.69, 9.17) is 4.74 Å². The Hall–Kier alpha value is -2.97. The van der Waals surface area contributed by atoms with E-state index in [1.807, 2.05) is 24.3 Å². The molecule has 7 nitrogen and oxygen atoms in total.